The number of aromatic nitrogens is 1. The molecule has 202 valence electrons. The number of hydrogen-bond acceptors (Lipinski definition) is 5. The monoisotopic (exact) mass is 536 g/mol. The fourth-order valence-corrected chi connectivity index (χ4v) is 4.85. The lowest BCUT2D eigenvalue weighted by atomic mass is 10.1. The first-order valence-electron chi connectivity index (χ1n) is 12.5. The Morgan fingerprint density at radius 2 is 1.82 bits per heavy atom. The van der Waals surface area contributed by atoms with Crippen molar-refractivity contribution in [2.24, 2.45) is 0 Å². The van der Waals surface area contributed by atoms with Gasteiger partial charge in [-0.05, 0) is 11.6 Å². The molecule has 0 spiro atoms. The van der Waals surface area contributed by atoms with Crippen LogP contribution in [0.4, 0.5) is 8.78 Å². The molecule has 1 aromatic heterocycles. The van der Waals surface area contributed by atoms with E-state index in [0.29, 0.717) is 25.7 Å². The normalized spacial score (nSPS) is 16.4. The van der Waals surface area contributed by atoms with Crippen molar-refractivity contribution in [3.05, 3.63) is 99.0 Å². The number of carbonyl (C=O) groups excluding carboxylic acids is 3. The Hall–Kier alpha value is -4.54. The minimum atomic E-state index is -0.835. The van der Waals surface area contributed by atoms with Gasteiger partial charge in [-0.25, -0.2) is 8.78 Å². The van der Waals surface area contributed by atoms with Gasteiger partial charge in [0, 0.05) is 57.5 Å². The highest BCUT2D eigenvalue weighted by atomic mass is 19.1. The smallest absolute Gasteiger partial charge is 0.274 e. The molecular weight excluding hydrogens is 510 g/mol. The number of pyridine rings is 1. The van der Waals surface area contributed by atoms with Crippen molar-refractivity contribution in [1.29, 1.82) is 0 Å². The van der Waals surface area contributed by atoms with Crippen LogP contribution in [0.2, 0.25) is 0 Å². The van der Waals surface area contributed by atoms with Crippen molar-refractivity contribution >= 4 is 17.7 Å². The van der Waals surface area contributed by atoms with Gasteiger partial charge in [-0.15, -0.1) is 0 Å². The maximum atomic E-state index is 14.1. The molecule has 3 heterocycles. The molecule has 0 saturated carbocycles. The summed E-state index contributed by atoms with van der Waals surface area (Å²) in [5.41, 5.74) is -0.287. The maximum Gasteiger partial charge on any atom is 0.274 e. The molecule has 2 aliphatic heterocycles. The second kappa shape index (κ2) is 10.7. The van der Waals surface area contributed by atoms with E-state index in [1.54, 1.807) is 34.1 Å². The van der Waals surface area contributed by atoms with Crippen LogP contribution < -0.4 is 15.5 Å². The summed E-state index contributed by atoms with van der Waals surface area (Å²) in [4.78, 5) is 55.7. The summed E-state index contributed by atoms with van der Waals surface area (Å²) in [7, 11) is 0. The van der Waals surface area contributed by atoms with Crippen LogP contribution in [0.3, 0.4) is 0 Å². The summed E-state index contributed by atoms with van der Waals surface area (Å²) in [6, 6.07) is 11.6. The number of fused-ring (bicyclic) bond motifs is 4. The Kier molecular flexibility index (Phi) is 7.14. The van der Waals surface area contributed by atoms with E-state index in [0.717, 1.165) is 11.6 Å². The highest BCUT2D eigenvalue weighted by Gasteiger charge is 2.39. The summed E-state index contributed by atoms with van der Waals surface area (Å²) in [5.74, 6) is -3.25. The predicted molar refractivity (Wildman–Crippen MR) is 136 cm³/mol. The van der Waals surface area contributed by atoms with Gasteiger partial charge in [-0.3, -0.25) is 19.2 Å². The van der Waals surface area contributed by atoms with Crippen LogP contribution in [0, 0.1) is 11.6 Å². The molecule has 1 N–H and O–H groups in total. The minimum Gasteiger partial charge on any atom is -0.483 e. The molecule has 1 unspecified atom stereocenters. The SMILES string of the molecule is CC(=O)N1CCN2CC(C1)n1cc(C(=O)NCc3ccc(F)cc3F)c(=O)c(OCc3ccccc3)c1C2=O. The van der Waals surface area contributed by atoms with E-state index in [9.17, 15) is 28.0 Å². The Balaban J connectivity index is 1.54. The van der Waals surface area contributed by atoms with Crippen LogP contribution >= 0.6 is 0 Å². The lowest BCUT2D eigenvalue weighted by Gasteiger charge is -2.35. The molecule has 1 fully saturated rings. The zero-order valence-electron chi connectivity index (χ0n) is 21.2. The average Bonchev–Trinajstić information content (AvgIpc) is 3.12. The second-order valence-electron chi connectivity index (χ2n) is 9.52. The van der Waals surface area contributed by atoms with Crippen molar-refractivity contribution in [2.45, 2.75) is 26.1 Å². The van der Waals surface area contributed by atoms with Gasteiger partial charge in [0.15, 0.2) is 11.4 Å². The van der Waals surface area contributed by atoms with E-state index >= 15 is 0 Å². The number of benzene rings is 2. The predicted octanol–water partition coefficient (Wildman–Crippen LogP) is 2.49. The summed E-state index contributed by atoms with van der Waals surface area (Å²) in [6.45, 7) is 2.33. The average molecular weight is 537 g/mol. The Labute approximate surface area is 222 Å². The number of carbonyl (C=O) groups is 3. The molecule has 1 saturated heterocycles. The van der Waals surface area contributed by atoms with Crippen molar-refractivity contribution in [3.63, 3.8) is 0 Å². The summed E-state index contributed by atoms with van der Waals surface area (Å²) in [5, 5.41) is 2.50. The molecule has 1 atom stereocenters. The third kappa shape index (κ3) is 5.25. The van der Waals surface area contributed by atoms with Crippen LogP contribution in [-0.2, 0) is 17.9 Å². The van der Waals surface area contributed by atoms with Crippen molar-refractivity contribution in [1.82, 2.24) is 19.7 Å². The number of amides is 3. The van der Waals surface area contributed by atoms with Crippen molar-refractivity contribution in [2.75, 3.05) is 26.2 Å². The minimum absolute atomic E-state index is 0.0127. The van der Waals surface area contributed by atoms with Crippen LogP contribution in [0.15, 0.2) is 59.5 Å². The Morgan fingerprint density at radius 1 is 1.05 bits per heavy atom. The summed E-state index contributed by atoms with van der Waals surface area (Å²) >= 11 is 0. The highest BCUT2D eigenvalue weighted by Crippen LogP contribution is 2.30. The highest BCUT2D eigenvalue weighted by molar-refractivity contribution is 5.99. The number of rotatable bonds is 6. The van der Waals surface area contributed by atoms with Gasteiger partial charge in [0.05, 0.1) is 6.04 Å². The van der Waals surface area contributed by atoms with Gasteiger partial charge in [0.2, 0.25) is 11.3 Å². The molecule has 2 bridgehead atoms. The number of hydrogen-bond donors (Lipinski definition) is 1. The maximum absolute atomic E-state index is 14.1. The van der Waals surface area contributed by atoms with E-state index in [-0.39, 0.29) is 48.2 Å². The number of nitrogens with one attached hydrogen (secondary N) is 1. The molecule has 0 aliphatic carbocycles. The van der Waals surface area contributed by atoms with E-state index in [1.807, 2.05) is 6.07 Å². The molecule has 11 heteroatoms. The first-order chi connectivity index (χ1) is 18.7. The van der Waals surface area contributed by atoms with Crippen LogP contribution in [0.5, 0.6) is 5.75 Å². The Morgan fingerprint density at radius 3 is 2.54 bits per heavy atom. The van der Waals surface area contributed by atoms with E-state index in [2.05, 4.69) is 5.32 Å². The third-order valence-corrected chi connectivity index (χ3v) is 6.95. The molecule has 9 nitrogen and oxygen atoms in total. The molecule has 2 aliphatic rings. The molecular formula is C28H26F2N4O5. The lowest BCUT2D eigenvalue weighted by Crippen LogP contribution is -2.45. The van der Waals surface area contributed by atoms with Crippen molar-refractivity contribution < 1.29 is 27.9 Å². The first kappa shape index (κ1) is 26.1. The zero-order chi connectivity index (χ0) is 27.7. The largest absolute Gasteiger partial charge is 0.483 e. The fraction of sp³-hybridized carbons (Fsp3) is 0.286. The lowest BCUT2D eigenvalue weighted by molar-refractivity contribution is -0.129. The van der Waals surface area contributed by atoms with Crippen molar-refractivity contribution in [3.8, 4) is 5.75 Å². The fourth-order valence-electron chi connectivity index (χ4n) is 4.85. The van der Waals surface area contributed by atoms with Crippen LogP contribution in [0.1, 0.15) is 44.9 Å². The van der Waals surface area contributed by atoms with E-state index in [4.69, 9.17) is 4.74 Å². The molecule has 39 heavy (non-hydrogen) atoms. The standard InChI is InChI=1S/C28H26F2N4O5/c1-17(35)32-9-10-33-14-21(13-32)34-15-22(27(37)31-12-19-7-8-20(29)11-23(19)30)25(36)26(24(34)28(33)38)39-16-18-5-3-2-4-6-18/h2-8,11,15,21H,9-10,12-14,16H2,1H3,(H,31,37). The number of nitrogens with zero attached hydrogens (tertiary/aromatic N) is 3. The summed E-state index contributed by atoms with van der Waals surface area (Å²) in [6.07, 6.45) is 1.30. The molecule has 5 rings (SSSR count). The van der Waals surface area contributed by atoms with Gasteiger partial charge in [0.25, 0.3) is 11.8 Å². The zero-order valence-corrected chi connectivity index (χ0v) is 21.2. The third-order valence-electron chi connectivity index (χ3n) is 6.95. The van der Waals surface area contributed by atoms with Gasteiger partial charge in [-0.2, -0.15) is 0 Å². The van der Waals surface area contributed by atoms with Gasteiger partial charge in [0.1, 0.15) is 23.8 Å². The van der Waals surface area contributed by atoms with Crippen LogP contribution in [-0.4, -0.2) is 58.3 Å². The number of halogens is 2. The van der Waals surface area contributed by atoms with E-state index in [1.165, 1.54) is 23.8 Å². The molecule has 3 aromatic rings. The Bertz CT molecular complexity index is 1510. The molecule has 3 amide bonds. The number of ether oxygens (including phenoxy) is 1. The molecule has 2 aromatic carbocycles. The molecule has 0 radical (unpaired) electrons. The quantitative estimate of drug-likeness (QED) is 0.522. The van der Waals surface area contributed by atoms with Gasteiger partial charge < -0.3 is 24.4 Å². The second-order valence-corrected chi connectivity index (χ2v) is 9.52. The first-order valence-corrected chi connectivity index (χ1v) is 12.5. The topological polar surface area (TPSA) is 101 Å². The summed E-state index contributed by atoms with van der Waals surface area (Å²) < 4.78 is 34.8. The van der Waals surface area contributed by atoms with Gasteiger partial charge in [-0.1, -0.05) is 36.4 Å². The van der Waals surface area contributed by atoms with E-state index < -0.39 is 34.9 Å². The van der Waals surface area contributed by atoms with Gasteiger partial charge >= 0.3 is 0 Å². The van der Waals surface area contributed by atoms with Crippen LogP contribution in [0.25, 0.3) is 0 Å².